The molecule has 1 fully saturated rings. The Morgan fingerprint density at radius 2 is 1.71 bits per heavy atom. The molecule has 0 unspecified atom stereocenters. The van der Waals surface area contributed by atoms with Crippen LogP contribution in [0.15, 0.2) is 54.7 Å². The standard InChI is InChI=1S/C22H22Cl2FN5S/c23-18-5-2-1-4-16(18)14-28-10-12-29(13-11-28)22(31)26-21-8-9-30(27-21)15-17-19(24)6-3-7-20(17)25/h1-9H,10-15H2,(H,26,27,31). The lowest BCUT2D eigenvalue weighted by molar-refractivity contribution is 0.177. The maximum atomic E-state index is 14.0. The molecule has 0 spiro atoms. The van der Waals surface area contributed by atoms with E-state index in [9.17, 15) is 4.39 Å². The summed E-state index contributed by atoms with van der Waals surface area (Å²) in [6.07, 6.45) is 1.77. The molecular weight excluding hydrogens is 456 g/mol. The number of halogens is 3. The Bertz CT molecular complexity index is 1050. The molecule has 0 saturated carbocycles. The van der Waals surface area contributed by atoms with Crippen molar-refractivity contribution in [1.82, 2.24) is 19.6 Å². The number of rotatable bonds is 5. The second kappa shape index (κ2) is 9.96. The number of anilines is 1. The van der Waals surface area contributed by atoms with Crippen LogP contribution >= 0.6 is 35.4 Å². The molecule has 4 rings (SSSR count). The average Bonchev–Trinajstić information content (AvgIpc) is 3.20. The Hall–Kier alpha value is -2.19. The maximum absolute atomic E-state index is 14.0. The second-order valence-corrected chi connectivity index (χ2v) is 8.58. The van der Waals surface area contributed by atoms with Crippen molar-refractivity contribution in [3.63, 3.8) is 0 Å². The molecule has 1 N–H and O–H groups in total. The number of hydrogen-bond donors (Lipinski definition) is 1. The summed E-state index contributed by atoms with van der Waals surface area (Å²) in [4.78, 5) is 4.50. The lowest BCUT2D eigenvalue weighted by Gasteiger charge is -2.36. The molecule has 0 radical (unpaired) electrons. The monoisotopic (exact) mass is 477 g/mol. The lowest BCUT2D eigenvalue weighted by Crippen LogP contribution is -2.49. The van der Waals surface area contributed by atoms with Crippen molar-refractivity contribution in [2.45, 2.75) is 13.1 Å². The minimum absolute atomic E-state index is 0.251. The highest BCUT2D eigenvalue weighted by atomic mass is 35.5. The highest BCUT2D eigenvalue weighted by Crippen LogP contribution is 2.21. The van der Waals surface area contributed by atoms with E-state index in [2.05, 4.69) is 26.3 Å². The van der Waals surface area contributed by atoms with Crippen molar-refractivity contribution in [3.8, 4) is 0 Å². The number of thiocarbonyl (C=S) groups is 1. The molecule has 31 heavy (non-hydrogen) atoms. The third kappa shape index (κ3) is 5.54. The van der Waals surface area contributed by atoms with Gasteiger partial charge in [-0.3, -0.25) is 9.58 Å². The van der Waals surface area contributed by atoms with Crippen molar-refractivity contribution in [2.75, 3.05) is 31.5 Å². The molecule has 1 aliphatic rings. The van der Waals surface area contributed by atoms with Crippen molar-refractivity contribution in [1.29, 1.82) is 0 Å². The Morgan fingerprint density at radius 1 is 0.968 bits per heavy atom. The maximum Gasteiger partial charge on any atom is 0.174 e. The van der Waals surface area contributed by atoms with Gasteiger partial charge < -0.3 is 10.2 Å². The molecule has 2 aromatic carbocycles. The van der Waals surface area contributed by atoms with Crippen LogP contribution in [0.4, 0.5) is 10.2 Å². The SMILES string of the molecule is Fc1cccc(Cl)c1Cn1ccc(NC(=S)N2CCN(Cc3ccccc3Cl)CC2)n1. The van der Waals surface area contributed by atoms with Gasteiger partial charge in [0.1, 0.15) is 5.82 Å². The van der Waals surface area contributed by atoms with E-state index in [1.54, 1.807) is 23.0 Å². The highest BCUT2D eigenvalue weighted by Gasteiger charge is 2.20. The molecule has 3 aromatic rings. The first-order valence-corrected chi connectivity index (χ1v) is 11.1. The molecule has 0 atom stereocenters. The van der Waals surface area contributed by atoms with Crippen molar-refractivity contribution in [3.05, 3.63) is 81.7 Å². The molecule has 0 aliphatic carbocycles. The Morgan fingerprint density at radius 3 is 2.45 bits per heavy atom. The zero-order chi connectivity index (χ0) is 21.8. The van der Waals surface area contributed by atoms with Gasteiger partial charge in [-0.1, -0.05) is 47.5 Å². The lowest BCUT2D eigenvalue weighted by atomic mass is 10.2. The molecule has 5 nitrogen and oxygen atoms in total. The Balaban J connectivity index is 1.29. The van der Waals surface area contributed by atoms with Crippen LogP contribution in [0, 0.1) is 5.82 Å². The summed E-state index contributed by atoms with van der Waals surface area (Å²) in [6.45, 7) is 4.52. The van der Waals surface area contributed by atoms with Gasteiger partial charge in [-0.2, -0.15) is 5.10 Å². The Labute approximate surface area is 196 Å². The normalized spacial score (nSPS) is 14.6. The van der Waals surface area contributed by atoms with Gasteiger partial charge in [0.05, 0.1) is 6.54 Å². The van der Waals surface area contributed by atoms with Gasteiger partial charge in [0.25, 0.3) is 0 Å². The van der Waals surface area contributed by atoms with E-state index in [0.29, 0.717) is 21.5 Å². The van der Waals surface area contributed by atoms with Gasteiger partial charge in [0, 0.05) is 60.6 Å². The zero-order valence-corrected chi connectivity index (χ0v) is 19.1. The van der Waals surface area contributed by atoms with E-state index in [0.717, 1.165) is 43.3 Å². The van der Waals surface area contributed by atoms with E-state index < -0.39 is 0 Å². The minimum atomic E-state index is -0.345. The first-order chi connectivity index (χ1) is 15.0. The largest absolute Gasteiger partial charge is 0.346 e. The van der Waals surface area contributed by atoms with Crippen LogP contribution in [-0.2, 0) is 13.1 Å². The molecular formula is C22H22Cl2FN5S. The third-order valence-electron chi connectivity index (χ3n) is 5.27. The van der Waals surface area contributed by atoms with Gasteiger partial charge >= 0.3 is 0 Å². The van der Waals surface area contributed by atoms with Crippen LogP contribution < -0.4 is 5.32 Å². The summed E-state index contributed by atoms with van der Waals surface area (Å²) >= 11 is 18.0. The van der Waals surface area contributed by atoms with Crippen molar-refractivity contribution >= 4 is 46.4 Å². The molecule has 0 amide bonds. The van der Waals surface area contributed by atoms with Crippen LogP contribution in [0.2, 0.25) is 10.0 Å². The van der Waals surface area contributed by atoms with Gasteiger partial charge in [0.15, 0.2) is 10.9 Å². The van der Waals surface area contributed by atoms with E-state index >= 15 is 0 Å². The van der Waals surface area contributed by atoms with Crippen LogP contribution in [0.3, 0.4) is 0 Å². The predicted molar refractivity (Wildman–Crippen MR) is 127 cm³/mol. The second-order valence-electron chi connectivity index (χ2n) is 7.38. The number of hydrogen-bond acceptors (Lipinski definition) is 3. The van der Waals surface area contributed by atoms with E-state index in [1.807, 2.05) is 24.3 Å². The smallest absolute Gasteiger partial charge is 0.174 e. The highest BCUT2D eigenvalue weighted by molar-refractivity contribution is 7.80. The Kier molecular flexibility index (Phi) is 7.07. The van der Waals surface area contributed by atoms with Gasteiger partial charge in [-0.05, 0) is 36.0 Å². The van der Waals surface area contributed by atoms with Gasteiger partial charge in [-0.25, -0.2) is 4.39 Å². The van der Waals surface area contributed by atoms with Crippen LogP contribution in [0.5, 0.6) is 0 Å². The van der Waals surface area contributed by atoms with E-state index in [4.69, 9.17) is 35.4 Å². The number of piperazine rings is 1. The number of benzene rings is 2. The fraction of sp³-hybridized carbons (Fsp3) is 0.273. The molecule has 9 heteroatoms. The quantitative estimate of drug-likeness (QED) is 0.529. The summed E-state index contributed by atoms with van der Waals surface area (Å²) in [5.74, 6) is 0.277. The first-order valence-electron chi connectivity index (χ1n) is 9.97. The summed E-state index contributed by atoms with van der Waals surface area (Å²) in [5.41, 5.74) is 1.55. The van der Waals surface area contributed by atoms with Gasteiger partial charge in [0.2, 0.25) is 0 Å². The molecule has 162 valence electrons. The number of nitrogens with one attached hydrogen (secondary N) is 1. The third-order valence-corrected chi connectivity index (χ3v) is 6.35. The van der Waals surface area contributed by atoms with Crippen LogP contribution in [-0.4, -0.2) is 50.9 Å². The summed E-state index contributed by atoms with van der Waals surface area (Å²) in [5, 5.41) is 9.44. The fourth-order valence-electron chi connectivity index (χ4n) is 3.53. The molecule has 1 saturated heterocycles. The average molecular weight is 478 g/mol. The molecule has 1 aliphatic heterocycles. The molecule has 0 bridgehead atoms. The predicted octanol–water partition coefficient (Wildman–Crippen LogP) is 4.89. The molecule has 2 heterocycles. The minimum Gasteiger partial charge on any atom is -0.346 e. The first kappa shape index (κ1) is 22.0. The van der Waals surface area contributed by atoms with Gasteiger partial charge in [-0.15, -0.1) is 0 Å². The molecule has 1 aromatic heterocycles. The van der Waals surface area contributed by atoms with Crippen molar-refractivity contribution < 1.29 is 4.39 Å². The number of nitrogens with zero attached hydrogens (tertiary/aromatic N) is 4. The zero-order valence-electron chi connectivity index (χ0n) is 16.8. The number of aromatic nitrogens is 2. The summed E-state index contributed by atoms with van der Waals surface area (Å²) < 4.78 is 15.6. The summed E-state index contributed by atoms with van der Waals surface area (Å²) in [7, 11) is 0. The fourth-order valence-corrected chi connectivity index (χ4v) is 4.23. The van der Waals surface area contributed by atoms with Crippen LogP contribution in [0.1, 0.15) is 11.1 Å². The topological polar surface area (TPSA) is 36.3 Å². The van der Waals surface area contributed by atoms with Crippen LogP contribution in [0.25, 0.3) is 0 Å². The van der Waals surface area contributed by atoms with Crippen molar-refractivity contribution in [2.24, 2.45) is 0 Å². The summed E-state index contributed by atoms with van der Waals surface area (Å²) in [6, 6.07) is 14.4. The van der Waals surface area contributed by atoms with E-state index in [-0.39, 0.29) is 12.4 Å². The van der Waals surface area contributed by atoms with E-state index in [1.165, 1.54) is 6.07 Å².